The van der Waals surface area contributed by atoms with Gasteiger partial charge in [0.25, 0.3) is 0 Å². The zero-order valence-corrected chi connectivity index (χ0v) is 8.93. The van der Waals surface area contributed by atoms with E-state index in [1.807, 2.05) is 0 Å². The highest BCUT2D eigenvalue weighted by molar-refractivity contribution is 5.69. The molecule has 0 unspecified atom stereocenters. The van der Waals surface area contributed by atoms with Gasteiger partial charge in [-0.3, -0.25) is 10.1 Å². The first kappa shape index (κ1) is 12.4. The van der Waals surface area contributed by atoms with Gasteiger partial charge in [-0.25, -0.2) is 0 Å². The van der Waals surface area contributed by atoms with E-state index in [0.717, 1.165) is 6.42 Å². The fourth-order valence-corrected chi connectivity index (χ4v) is 1.23. The molecule has 0 rings (SSSR count). The molecule has 0 aromatic carbocycles. The average Bonchev–Trinajstić information content (AvgIpc) is 2.12. The van der Waals surface area contributed by atoms with E-state index < -0.39 is 0 Å². The first-order chi connectivity index (χ1) is 6.20. The molecule has 1 atom stereocenters. The van der Waals surface area contributed by atoms with Crippen LogP contribution in [0.4, 0.5) is 0 Å². The SMILES string of the molecule is CCC[C@@H](C)CCC(=O)OCNC. The molecule has 0 aliphatic rings. The Morgan fingerprint density at radius 2 is 2.15 bits per heavy atom. The normalized spacial score (nSPS) is 12.5. The minimum Gasteiger partial charge on any atom is -0.450 e. The van der Waals surface area contributed by atoms with Crippen molar-refractivity contribution in [1.29, 1.82) is 0 Å². The summed E-state index contributed by atoms with van der Waals surface area (Å²) < 4.78 is 4.87. The van der Waals surface area contributed by atoms with Gasteiger partial charge in [0.05, 0.1) is 0 Å². The summed E-state index contributed by atoms with van der Waals surface area (Å²) in [7, 11) is 1.76. The summed E-state index contributed by atoms with van der Waals surface area (Å²) in [6.07, 6.45) is 3.87. The van der Waals surface area contributed by atoms with Crippen LogP contribution in [0.2, 0.25) is 0 Å². The molecule has 3 nitrogen and oxygen atoms in total. The lowest BCUT2D eigenvalue weighted by Crippen LogP contribution is -2.16. The van der Waals surface area contributed by atoms with E-state index in [4.69, 9.17) is 4.74 Å². The smallest absolute Gasteiger partial charge is 0.307 e. The molecule has 1 N–H and O–H groups in total. The van der Waals surface area contributed by atoms with Crippen molar-refractivity contribution >= 4 is 5.97 Å². The molecule has 0 spiro atoms. The first-order valence-corrected chi connectivity index (χ1v) is 5.00. The van der Waals surface area contributed by atoms with Crippen LogP contribution in [0, 0.1) is 5.92 Å². The second-order valence-electron chi connectivity index (χ2n) is 3.45. The number of hydrogen-bond acceptors (Lipinski definition) is 3. The summed E-state index contributed by atoms with van der Waals surface area (Å²) >= 11 is 0. The summed E-state index contributed by atoms with van der Waals surface area (Å²) in [5.74, 6) is 0.532. The maximum atomic E-state index is 11.0. The van der Waals surface area contributed by atoms with Crippen LogP contribution in [0.1, 0.15) is 39.5 Å². The van der Waals surface area contributed by atoms with Crippen molar-refractivity contribution in [2.24, 2.45) is 5.92 Å². The van der Waals surface area contributed by atoms with Crippen LogP contribution < -0.4 is 5.32 Å². The molecule has 0 radical (unpaired) electrons. The minimum absolute atomic E-state index is 0.0997. The predicted molar refractivity (Wildman–Crippen MR) is 53.3 cm³/mol. The Morgan fingerprint density at radius 1 is 1.46 bits per heavy atom. The summed E-state index contributed by atoms with van der Waals surface area (Å²) in [5.41, 5.74) is 0. The Balaban J connectivity index is 3.34. The highest BCUT2D eigenvalue weighted by Crippen LogP contribution is 2.12. The van der Waals surface area contributed by atoms with Crippen molar-refractivity contribution in [2.45, 2.75) is 39.5 Å². The largest absolute Gasteiger partial charge is 0.450 e. The van der Waals surface area contributed by atoms with Gasteiger partial charge in [-0.2, -0.15) is 0 Å². The Kier molecular flexibility index (Phi) is 7.69. The molecule has 0 amide bonds. The lowest BCUT2D eigenvalue weighted by atomic mass is 10.0. The molecule has 0 aliphatic carbocycles. The van der Waals surface area contributed by atoms with Crippen molar-refractivity contribution in [3.8, 4) is 0 Å². The van der Waals surface area contributed by atoms with Crippen LogP contribution in [0.3, 0.4) is 0 Å². The van der Waals surface area contributed by atoms with Crippen molar-refractivity contribution in [2.75, 3.05) is 13.8 Å². The van der Waals surface area contributed by atoms with Crippen LogP contribution in [0.15, 0.2) is 0 Å². The fourth-order valence-electron chi connectivity index (χ4n) is 1.23. The van der Waals surface area contributed by atoms with Gasteiger partial charge in [-0.05, 0) is 19.4 Å². The van der Waals surface area contributed by atoms with Gasteiger partial charge in [0.15, 0.2) is 0 Å². The molecule has 0 saturated carbocycles. The first-order valence-electron chi connectivity index (χ1n) is 5.00. The Bertz CT molecular complexity index is 137. The summed E-state index contributed by atoms with van der Waals surface area (Å²) in [5, 5.41) is 2.77. The Hall–Kier alpha value is -0.570. The van der Waals surface area contributed by atoms with Crippen molar-refractivity contribution in [3.63, 3.8) is 0 Å². The standard InChI is InChI=1S/C10H21NO2/c1-4-5-9(2)6-7-10(12)13-8-11-3/h9,11H,4-8H2,1-3H3/t9-/m1/s1. The summed E-state index contributed by atoms with van der Waals surface area (Å²) in [6, 6.07) is 0. The number of carbonyl (C=O) groups excluding carboxylic acids is 1. The van der Waals surface area contributed by atoms with Gasteiger partial charge in [-0.15, -0.1) is 0 Å². The molecule has 0 bridgehead atoms. The van der Waals surface area contributed by atoms with Crippen LogP contribution in [-0.4, -0.2) is 19.7 Å². The molecular formula is C10H21NO2. The van der Waals surface area contributed by atoms with E-state index in [-0.39, 0.29) is 5.97 Å². The van der Waals surface area contributed by atoms with Gasteiger partial charge in [0.2, 0.25) is 0 Å². The highest BCUT2D eigenvalue weighted by atomic mass is 16.5. The Morgan fingerprint density at radius 3 is 2.69 bits per heavy atom. The van der Waals surface area contributed by atoms with Crippen LogP contribution in [0.5, 0.6) is 0 Å². The third-order valence-electron chi connectivity index (χ3n) is 2.00. The molecular weight excluding hydrogens is 166 g/mol. The highest BCUT2D eigenvalue weighted by Gasteiger charge is 2.06. The molecule has 0 heterocycles. The van der Waals surface area contributed by atoms with Gasteiger partial charge in [-0.1, -0.05) is 26.7 Å². The van der Waals surface area contributed by atoms with E-state index in [1.54, 1.807) is 7.05 Å². The second kappa shape index (κ2) is 8.05. The van der Waals surface area contributed by atoms with Gasteiger partial charge in [0, 0.05) is 6.42 Å². The molecule has 13 heavy (non-hydrogen) atoms. The number of nitrogens with one attached hydrogen (secondary N) is 1. The van der Waals surface area contributed by atoms with E-state index in [9.17, 15) is 4.79 Å². The average molecular weight is 187 g/mol. The van der Waals surface area contributed by atoms with E-state index in [0.29, 0.717) is 19.1 Å². The van der Waals surface area contributed by atoms with E-state index in [1.165, 1.54) is 12.8 Å². The second-order valence-corrected chi connectivity index (χ2v) is 3.45. The van der Waals surface area contributed by atoms with E-state index in [2.05, 4.69) is 19.2 Å². The Labute approximate surface area is 80.8 Å². The molecule has 0 aromatic heterocycles. The van der Waals surface area contributed by atoms with Crippen LogP contribution >= 0.6 is 0 Å². The summed E-state index contributed by atoms with van der Waals surface area (Å²) in [6.45, 7) is 4.66. The van der Waals surface area contributed by atoms with Crippen molar-refractivity contribution < 1.29 is 9.53 Å². The molecule has 78 valence electrons. The lowest BCUT2D eigenvalue weighted by molar-refractivity contribution is -0.144. The van der Waals surface area contributed by atoms with Crippen molar-refractivity contribution in [1.82, 2.24) is 5.32 Å². The minimum atomic E-state index is -0.0997. The monoisotopic (exact) mass is 187 g/mol. The van der Waals surface area contributed by atoms with Gasteiger partial charge < -0.3 is 4.74 Å². The van der Waals surface area contributed by atoms with Crippen molar-refractivity contribution in [3.05, 3.63) is 0 Å². The summed E-state index contributed by atoms with van der Waals surface area (Å²) in [4.78, 5) is 11.0. The number of hydrogen-bond donors (Lipinski definition) is 1. The quantitative estimate of drug-likeness (QED) is 0.489. The number of carbonyl (C=O) groups is 1. The number of ether oxygens (including phenoxy) is 1. The van der Waals surface area contributed by atoms with Crippen LogP contribution in [-0.2, 0) is 9.53 Å². The zero-order chi connectivity index (χ0) is 10.1. The molecule has 0 saturated heterocycles. The number of rotatable bonds is 7. The van der Waals surface area contributed by atoms with E-state index >= 15 is 0 Å². The maximum absolute atomic E-state index is 11.0. The van der Waals surface area contributed by atoms with Gasteiger partial charge in [0.1, 0.15) is 6.73 Å². The molecule has 3 heteroatoms. The lowest BCUT2D eigenvalue weighted by Gasteiger charge is -2.08. The third-order valence-corrected chi connectivity index (χ3v) is 2.00. The molecule has 0 aromatic rings. The molecule has 0 fully saturated rings. The van der Waals surface area contributed by atoms with Gasteiger partial charge >= 0.3 is 5.97 Å². The zero-order valence-electron chi connectivity index (χ0n) is 8.93. The third kappa shape index (κ3) is 7.78. The number of esters is 1. The maximum Gasteiger partial charge on any atom is 0.307 e. The topological polar surface area (TPSA) is 38.3 Å². The van der Waals surface area contributed by atoms with Crippen LogP contribution in [0.25, 0.3) is 0 Å². The molecule has 0 aliphatic heterocycles. The fraction of sp³-hybridized carbons (Fsp3) is 0.900. The predicted octanol–water partition coefficient (Wildman–Crippen LogP) is 1.92.